The first-order chi connectivity index (χ1) is 28.8. The second-order valence-electron chi connectivity index (χ2n) is 15.1. The van der Waals surface area contributed by atoms with Crippen LogP contribution in [0.2, 0.25) is 0 Å². The molecule has 13 rings (SSSR count). The Morgan fingerprint density at radius 1 is 0.431 bits per heavy atom. The standard InChI is InChI=1S/C52H30N4O2/c1-2-15-31(16-3-1)49-53-50(37-21-14-28-45-46(37)36-20-7-12-26-43(36)57-45)55-51(54-49)56-42-25-11-6-19-34(42)35-29-30-41-48(47(35)56)58-44-27-13-10-24-40(44)52(41)38-22-8-4-17-32(38)33-18-5-9-23-39(33)52/h1-30H. The van der Waals surface area contributed by atoms with Crippen molar-refractivity contribution >= 4 is 43.7 Å². The van der Waals surface area contributed by atoms with Gasteiger partial charge >= 0.3 is 0 Å². The highest BCUT2D eigenvalue weighted by Gasteiger charge is 2.51. The number of para-hydroxylation sites is 3. The Morgan fingerprint density at radius 2 is 1.07 bits per heavy atom. The lowest BCUT2D eigenvalue weighted by molar-refractivity contribution is 0.440. The maximum atomic E-state index is 7.22. The normalized spacial score (nSPS) is 13.4. The van der Waals surface area contributed by atoms with Crippen LogP contribution >= 0.6 is 0 Å². The van der Waals surface area contributed by atoms with Gasteiger partial charge in [0.2, 0.25) is 5.95 Å². The molecule has 2 aliphatic rings. The molecule has 1 aliphatic carbocycles. The number of ether oxygens (including phenoxy) is 1. The van der Waals surface area contributed by atoms with Gasteiger partial charge in [-0.3, -0.25) is 4.57 Å². The van der Waals surface area contributed by atoms with Gasteiger partial charge in [-0.1, -0.05) is 158 Å². The fourth-order valence-electron chi connectivity index (χ4n) is 9.83. The molecule has 1 aliphatic heterocycles. The molecule has 6 nitrogen and oxygen atoms in total. The predicted octanol–water partition coefficient (Wildman–Crippen LogP) is 12.7. The van der Waals surface area contributed by atoms with Crippen LogP contribution in [0.4, 0.5) is 0 Å². The summed E-state index contributed by atoms with van der Waals surface area (Å²) in [5, 5.41) is 4.11. The zero-order chi connectivity index (χ0) is 38.0. The largest absolute Gasteiger partial charge is 0.456 e. The predicted molar refractivity (Wildman–Crippen MR) is 230 cm³/mol. The first-order valence-corrected chi connectivity index (χ1v) is 19.5. The average molecular weight is 743 g/mol. The summed E-state index contributed by atoms with van der Waals surface area (Å²) in [7, 11) is 0. The van der Waals surface area contributed by atoms with E-state index in [1.54, 1.807) is 0 Å². The third-order valence-electron chi connectivity index (χ3n) is 12.1. The molecule has 0 radical (unpaired) electrons. The van der Waals surface area contributed by atoms with Gasteiger partial charge in [0, 0.05) is 43.8 Å². The van der Waals surface area contributed by atoms with Gasteiger partial charge in [0.15, 0.2) is 17.4 Å². The van der Waals surface area contributed by atoms with Crippen molar-refractivity contribution in [2.24, 2.45) is 0 Å². The summed E-state index contributed by atoms with van der Waals surface area (Å²) < 4.78 is 15.7. The molecular weight excluding hydrogens is 713 g/mol. The molecule has 58 heavy (non-hydrogen) atoms. The number of hydrogen-bond acceptors (Lipinski definition) is 5. The highest BCUT2D eigenvalue weighted by atomic mass is 16.5. The Kier molecular flexibility index (Phi) is 6.28. The van der Waals surface area contributed by atoms with E-state index in [2.05, 4.69) is 126 Å². The van der Waals surface area contributed by atoms with Gasteiger partial charge in [0.25, 0.3) is 0 Å². The molecule has 0 bridgehead atoms. The third-order valence-corrected chi connectivity index (χ3v) is 12.1. The molecule has 0 N–H and O–H groups in total. The van der Waals surface area contributed by atoms with Crippen LogP contribution in [0.3, 0.4) is 0 Å². The van der Waals surface area contributed by atoms with Gasteiger partial charge < -0.3 is 9.15 Å². The first-order valence-electron chi connectivity index (χ1n) is 19.5. The molecule has 270 valence electrons. The van der Waals surface area contributed by atoms with E-state index in [9.17, 15) is 0 Å². The number of furan rings is 1. The summed E-state index contributed by atoms with van der Waals surface area (Å²) in [4.78, 5) is 15.9. The van der Waals surface area contributed by atoms with Crippen LogP contribution in [0, 0.1) is 0 Å². The van der Waals surface area contributed by atoms with Crippen molar-refractivity contribution in [1.29, 1.82) is 0 Å². The van der Waals surface area contributed by atoms with E-state index in [0.717, 1.165) is 77.5 Å². The zero-order valence-electron chi connectivity index (χ0n) is 30.9. The number of nitrogens with zero attached hydrogens (tertiary/aromatic N) is 4. The summed E-state index contributed by atoms with van der Waals surface area (Å²) in [5.41, 5.74) is 11.8. The molecule has 0 unspecified atom stereocenters. The number of fused-ring (bicyclic) bond motifs is 16. The topological polar surface area (TPSA) is 66.0 Å². The molecule has 0 atom stereocenters. The zero-order valence-corrected chi connectivity index (χ0v) is 30.9. The number of aromatic nitrogens is 4. The summed E-state index contributed by atoms with van der Waals surface area (Å²) in [6, 6.07) is 63.5. The van der Waals surface area contributed by atoms with Gasteiger partial charge in [0.05, 0.1) is 10.9 Å². The molecular formula is C52H30N4O2. The average Bonchev–Trinajstić information content (AvgIpc) is 3.94. The second kappa shape index (κ2) is 11.6. The number of benzene rings is 8. The van der Waals surface area contributed by atoms with Gasteiger partial charge in [-0.15, -0.1) is 0 Å². The van der Waals surface area contributed by atoms with Crippen molar-refractivity contribution in [3.05, 3.63) is 204 Å². The summed E-state index contributed by atoms with van der Waals surface area (Å²) in [6.45, 7) is 0. The number of rotatable bonds is 3. The molecule has 11 aromatic rings. The fourth-order valence-corrected chi connectivity index (χ4v) is 9.83. The Morgan fingerprint density at radius 3 is 1.90 bits per heavy atom. The second-order valence-corrected chi connectivity index (χ2v) is 15.1. The molecule has 1 spiro atoms. The van der Waals surface area contributed by atoms with Gasteiger partial charge in [0.1, 0.15) is 22.4 Å². The fraction of sp³-hybridized carbons (Fsp3) is 0.0192. The van der Waals surface area contributed by atoms with E-state index in [-0.39, 0.29) is 0 Å². The van der Waals surface area contributed by atoms with Crippen molar-refractivity contribution < 1.29 is 9.15 Å². The van der Waals surface area contributed by atoms with Crippen LogP contribution in [-0.4, -0.2) is 19.5 Å². The van der Waals surface area contributed by atoms with E-state index < -0.39 is 5.41 Å². The van der Waals surface area contributed by atoms with E-state index >= 15 is 0 Å². The van der Waals surface area contributed by atoms with Crippen molar-refractivity contribution in [3.8, 4) is 51.3 Å². The summed E-state index contributed by atoms with van der Waals surface area (Å²) >= 11 is 0. The smallest absolute Gasteiger partial charge is 0.238 e. The highest BCUT2D eigenvalue weighted by molar-refractivity contribution is 6.13. The molecule has 0 amide bonds. The SMILES string of the molecule is c1ccc(-c2nc(-c3cccc4oc5ccccc5c34)nc(-n3c4ccccc4c4ccc5c(c43)Oc3ccccc3C53c4ccccc4-c4ccccc43)n2)cc1. The van der Waals surface area contributed by atoms with Crippen molar-refractivity contribution in [1.82, 2.24) is 19.5 Å². The minimum absolute atomic E-state index is 0.497. The first kappa shape index (κ1) is 31.4. The van der Waals surface area contributed by atoms with Crippen LogP contribution in [0.25, 0.3) is 83.6 Å². The minimum atomic E-state index is -0.621. The molecule has 3 aromatic heterocycles. The lowest BCUT2D eigenvalue weighted by Crippen LogP contribution is -2.32. The number of hydrogen-bond donors (Lipinski definition) is 0. The molecule has 6 heteroatoms. The van der Waals surface area contributed by atoms with Crippen molar-refractivity contribution in [2.75, 3.05) is 0 Å². The van der Waals surface area contributed by atoms with Crippen LogP contribution in [0.15, 0.2) is 186 Å². The molecule has 0 fully saturated rings. The summed E-state index contributed by atoms with van der Waals surface area (Å²) in [6.07, 6.45) is 0. The Bertz CT molecular complexity index is 3460. The maximum absolute atomic E-state index is 7.22. The maximum Gasteiger partial charge on any atom is 0.238 e. The van der Waals surface area contributed by atoms with E-state index in [0.29, 0.717) is 17.6 Å². The summed E-state index contributed by atoms with van der Waals surface area (Å²) in [5.74, 6) is 3.23. The van der Waals surface area contributed by atoms with Gasteiger partial charge in [-0.2, -0.15) is 9.97 Å². The van der Waals surface area contributed by atoms with E-state index in [4.69, 9.17) is 24.1 Å². The highest BCUT2D eigenvalue weighted by Crippen LogP contribution is 2.63. The minimum Gasteiger partial charge on any atom is -0.456 e. The third kappa shape index (κ3) is 4.08. The quantitative estimate of drug-likeness (QED) is 0.180. The van der Waals surface area contributed by atoms with E-state index in [1.807, 2.05) is 60.7 Å². The van der Waals surface area contributed by atoms with Crippen molar-refractivity contribution in [3.63, 3.8) is 0 Å². The molecule has 4 heterocycles. The van der Waals surface area contributed by atoms with Crippen LogP contribution in [0.1, 0.15) is 22.3 Å². The van der Waals surface area contributed by atoms with Crippen LogP contribution < -0.4 is 4.74 Å². The Labute approximate surface area is 332 Å². The Hall–Kier alpha value is -7.83. The van der Waals surface area contributed by atoms with Crippen LogP contribution in [0.5, 0.6) is 11.5 Å². The van der Waals surface area contributed by atoms with Crippen LogP contribution in [-0.2, 0) is 5.41 Å². The molecule has 0 saturated heterocycles. The van der Waals surface area contributed by atoms with Crippen molar-refractivity contribution in [2.45, 2.75) is 5.41 Å². The lowest BCUT2D eigenvalue weighted by atomic mass is 9.66. The van der Waals surface area contributed by atoms with E-state index in [1.165, 1.54) is 22.3 Å². The van der Waals surface area contributed by atoms with Gasteiger partial charge in [-0.05, 0) is 46.5 Å². The molecule has 0 saturated carbocycles. The van der Waals surface area contributed by atoms with Gasteiger partial charge in [-0.25, -0.2) is 4.98 Å². The molecule has 8 aromatic carbocycles. The lowest BCUT2D eigenvalue weighted by Gasteiger charge is -2.39. The Balaban J connectivity index is 1.17. The monoisotopic (exact) mass is 742 g/mol.